The maximum atomic E-state index is 11.9. The predicted molar refractivity (Wildman–Crippen MR) is 170 cm³/mol. The lowest BCUT2D eigenvalue weighted by Gasteiger charge is -2.17. The summed E-state index contributed by atoms with van der Waals surface area (Å²) in [6.07, 6.45) is 2.96. The molecule has 3 amide bonds. The molecule has 0 saturated heterocycles. The van der Waals surface area contributed by atoms with E-state index in [0.717, 1.165) is 0 Å². The van der Waals surface area contributed by atoms with Gasteiger partial charge in [-0.2, -0.15) is 0 Å². The van der Waals surface area contributed by atoms with E-state index >= 15 is 0 Å². The number of nitrogens with two attached hydrogens (primary N) is 2. The maximum absolute atomic E-state index is 11.9. The van der Waals surface area contributed by atoms with Crippen LogP contribution < -0.4 is 27.4 Å². The van der Waals surface area contributed by atoms with Gasteiger partial charge in [0, 0.05) is 34.2 Å². The summed E-state index contributed by atoms with van der Waals surface area (Å²) in [5.41, 5.74) is 10.3. The molecule has 0 aromatic rings. The van der Waals surface area contributed by atoms with Gasteiger partial charge in [0.15, 0.2) is 0 Å². The molecule has 41 heavy (non-hydrogen) atoms. The molecule has 0 aromatic heterocycles. The van der Waals surface area contributed by atoms with E-state index in [1.165, 1.54) is 0 Å². The minimum Gasteiger partial charge on any atom is -0.480 e. The zero-order valence-corrected chi connectivity index (χ0v) is 27.6. The number of halogens is 4. The molecule has 0 aliphatic heterocycles. The Balaban J connectivity index is -0.000000191. The van der Waals surface area contributed by atoms with Crippen LogP contribution in [0, 0.1) is 0 Å². The van der Waals surface area contributed by atoms with Crippen molar-refractivity contribution >= 4 is 84.9 Å². The van der Waals surface area contributed by atoms with Crippen molar-refractivity contribution in [3.8, 4) is 0 Å². The largest absolute Gasteiger partial charge is 0.480 e. The van der Waals surface area contributed by atoms with Crippen LogP contribution >= 0.6 is 50.7 Å². The van der Waals surface area contributed by atoms with E-state index in [1.54, 1.807) is 20.8 Å². The Labute approximate surface area is 276 Å². The molecule has 0 aliphatic carbocycles. The molecule has 0 fully saturated rings. The molecule has 0 aromatic carbocycles. The number of amides is 3. The van der Waals surface area contributed by atoms with E-state index in [0.29, 0.717) is 45.2 Å². The lowest BCUT2D eigenvalue weighted by molar-refractivity contribution is -0.138. The summed E-state index contributed by atoms with van der Waals surface area (Å²) in [4.78, 5) is 63.5. The summed E-state index contributed by atoms with van der Waals surface area (Å²) in [6, 6.07) is -1.64. The Morgan fingerprint density at radius 3 is 1.78 bits per heavy atom. The molecule has 2 atom stereocenters. The number of likely N-dealkylation sites (N-methyl/N-ethyl adjacent to an activating group) is 1. The third kappa shape index (κ3) is 48.6. The van der Waals surface area contributed by atoms with Crippen molar-refractivity contribution in [1.82, 2.24) is 16.0 Å². The predicted octanol–water partition coefficient (Wildman–Crippen LogP) is 3.01. The molecule has 8 N–H and O–H groups in total. The van der Waals surface area contributed by atoms with Gasteiger partial charge in [-0.1, -0.05) is 50.0 Å². The van der Waals surface area contributed by atoms with Crippen LogP contribution in [0.2, 0.25) is 0 Å². The second kappa shape index (κ2) is 38.5. The van der Waals surface area contributed by atoms with Gasteiger partial charge in [0.05, 0.1) is 5.33 Å². The summed E-state index contributed by atoms with van der Waals surface area (Å²) in [6.45, 7) is 1.43. The number of carboxylic acids is 1. The minimum absolute atomic E-state index is 0.179. The maximum Gasteiger partial charge on any atom is 0.320 e. The molecule has 0 saturated carbocycles. The van der Waals surface area contributed by atoms with Gasteiger partial charge in [0.25, 0.3) is 0 Å². The Kier molecular flexibility index (Phi) is 33.5. The van der Waals surface area contributed by atoms with Crippen molar-refractivity contribution in [2.75, 3.05) is 30.8 Å². The molecule has 16 heteroatoms. The lowest BCUT2D eigenvalue weighted by atomic mass is 10.1. The Morgan fingerprint density at radius 2 is 1.44 bits per heavy atom. The fraction of sp³-hybridized carbons (Fsp3) is 0.760. The van der Waals surface area contributed by atoms with Gasteiger partial charge in [-0.15, -0.1) is 11.6 Å². The van der Waals surface area contributed by atoms with Gasteiger partial charge in [0.2, 0.25) is 28.2 Å². The highest BCUT2D eigenvalue weighted by molar-refractivity contribution is 9.09. The quantitative estimate of drug-likeness (QED) is 0.0832. The summed E-state index contributed by atoms with van der Waals surface area (Å²) < 4.78 is 40.7. The number of aliphatic carboxylic acids is 1. The fourth-order valence-electron chi connectivity index (χ4n) is 1.75. The van der Waals surface area contributed by atoms with Crippen molar-refractivity contribution in [3.05, 3.63) is 0 Å². The molecule has 244 valence electrons. The van der Waals surface area contributed by atoms with Crippen molar-refractivity contribution in [2.24, 2.45) is 11.5 Å². The summed E-state index contributed by atoms with van der Waals surface area (Å²) in [5, 5.41) is 15.2. The minimum atomic E-state index is -2.29. The first-order valence-electron chi connectivity index (χ1n) is 15.5. The highest BCUT2D eigenvalue weighted by Gasteiger charge is 2.19. The Bertz CT molecular complexity index is 879. The van der Waals surface area contributed by atoms with Crippen molar-refractivity contribution < 1.29 is 42.1 Å². The van der Waals surface area contributed by atoms with E-state index < -0.39 is 50.1 Å². The van der Waals surface area contributed by atoms with Gasteiger partial charge in [-0.25, -0.2) is 0 Å². The van der Waals surface area contributed by atoms with Gasteiger partial charge in [-0.3, -0.25) is 28.8 Å². The third-order valence-corrected chi connectivity index (χ3v) is 5.03. The average molecular weight is 724 g/mol. The molecule has 0 aliphatic rings. The molecule has 0 bridgehead atoms. The zero-order valence-electron chi connectivity index (χ0n) is 29.7. The smallest absolute Gasteiger partial charge is 0.320 e. The van der Waals surface area contributed by atoms with Crippen LogP contribution in [0.5, 0.6) is 0 Å². The standard InChI is InChI=1S/C11H19BrClN3O3.C5H12N2O2.2C3H5ClO.C3H8/c1-2-14-11(19)8(16-10(18)7-13)4-3-5-15-9(17)6-12;6-3-1-2-4(7)5(8)9;2*1-2-3(4)5;1-3-2/h8H,2-7H2,1H3,(H,14,19)(H,15,17)(H,16,18);4H,1-3,6-7H2,(H,8,9);2*2H2,1H3;3H2,1-2H3/t8-;4-;;;/m00.../s1/i1D3;;;;1D3. The van der Waals surface area contributed by atoms with Crippen LogP contribution in [0.4, 0.5) is 0 Å². The average Bonchev–Trinajstić information content (AvgIpc) is 2.99. The SMILES string of the molecule is CCC(=O)Cl.CCC(=O)Cl.NCCC[C@H](N)C(=O)O.[2H]C([2H])([2H])CC.[2H]C([2H])([2H])CNC(=O)[C@H](CCCNC(=O)CBr)NC(=O)CCl. The first-order chi connectivity index (χ1) is 21.5. The lowest BCUT2D eigenvalue weighted by Crippen LogP contribution is -2.47. The Hall–Kier alpha value is -1.51. The third-order valence-electron chi connectivity index (χ3n) is 3.74. The summed E-state index contributed by atoms with van der Waals surface area (Å²) in [5.74, 6) is -2.57. The number of alkyl halides is 2. The molecule has 0 spiro atoms. The van der Waals surface area contributed by atoms with Crippen LogP contribution in [-0.2, 0) is 28.8 Å². The number of carbonyl (C=O) groups is 6. The number of hydrogen-bond acceptors (Lipinski definition) is 8. The molecule has 0 unspecified atom stereocenters. The van der Waals surface area contributed by atoms with Gasteiger partial charge >= 0.3 is 5.97 Å². The van der Waals surface area contributed by atoms with E-state index in [2.05, 4.69) is 31.9 Å². The first-order valence-corrected chi connectivity index (χ1v) is 14.9. The highest BCUT2D eigenvalue weighted by Crippen LogP contribution is 1.98. The summed E-state index contributed by atoms with van der Waals surface area (Å²) in [7, 11) is 0. The van der Waals surface area contributed by atoms with Crippen molar-refractivity contribution in [1.29, 1.82) is 0 Å². The van der Waals surface area contributed by atoms with E-state index in [-0.39, 0.29) is 40.4 Å². The molecular formula is C25H49BrCl3N5O7. The Morgan fingerprint density at radius 1 is 0.927 bits per heavy atom. The molecular weight excluding hydrogens is 669 g/mol. The van der Waals surface area contributed by atoms with Gasteiger partial charge in [-0.05, 0) is 62.3 Å². The van der Waals surface area contributed by atoms with Crippen molar-refractivity contribution in [2.45, 2.75) is 91.5 Å². The number of nitrogens with one attached hydrogen (secondary N) is 3. The number of rotatable bonds is 15. The first kappa shape index (κ1) is 35.7. The molecule has 0 radical (unpaired) electrons. The van der Waals surface area contributed by atoms with Crippen molar-refractivity contribution in [3.63, 3.8) is 0 Å². The van der Waals surface area contributed by atoms with Crippen LogP contribution in [0.25, 0.3) is 0 Å². The normalized spacial score (nSPS) is 13.3. The topological polar surface area (TPSA) is 211 Å². The second-order valence-corrected chi connectivity index (χ2v) is 8.92. The van der Waals surface area contributed by atoms with Crippen LogP contribution in [0.1, 0.15) is 87.6 Å². The van der Waals surface area contributed by atoms with Crippen LogP contribution in [-0.4, -0.2) is 82.2 Å². The number of carboxylic acid groups (broad SMARTS) is 1. The van der Waals surface area contributed by atoms with E-state index in [9.17, 15) is 28.8 Å². The number of hydrogen-bond donors (Lipinski definition) is 6. The number of carbonyl (C=O) groups excluding carboxylic acids is 5. The second-order valence-electron chi connectivity index (χ2n) is 7.24. The molecule has 0 rings (SSSR count). The summed E-state index contributed by atoms with van der Waals surface area (Å²) >= 11 is 18.0. The van der Waals surface area contributed by atoms with E-state index in [4.69, 9.17) is 59.6 Å². The molecule has 12 nitrogen and oxygen atoms in total. The fourth-order valence-corrected chi connectivity index (χ4v) is 2.03. The van der Waals surface area contributed by atoms with Crippen LogP contribution in [0.15, 0.2) is 0 Å². The highest BCUT2D eigenvalue weighted by atomic mass is 79.9. The van der Waals surface area contributed by atoms with Gasteiger partial charge < -0.3 is 32.5 Å². The molecule has 0 heterocycles. The van der Waals surface area contributed by atoms with Gasteiger partial charge in [0.1, 0.15) is 18.0 Å². The monoisotopic (exact) mass is 721 g/mol. The zero-order chi connectivity index (χ0) is 38.2. The van der Waals surface area contributed by atoms with E-state index in [1.807, 2.05) is 0 Å². The van der Waals surface area contributed by atoms with Crippen LogP contribution in [0.3, 0.4) is 0 Å².